The summed E-state index contributed by atoms with van der Waals surface area (Å²) in [6.45, 7) is 0. The van der Waals surface area contributed by atoms with Crippen molar-refractivity contribution in [3.63, 3.8) is 0 Å². The Morgan fingerprint density at radius 3 is 1.96 bits per heavy atom. The van der Waals surface area contributed by atoms with E-state index in [1.54, 1.807) is 0 Å². The van der Waals surface area contributed by atoms with Gasteiger partial charge in [0.05, 0.1) is 5.41 Å². The zero-order valence-corrected chi connectivity index (χ0v) is 17.0. The minimum atomic E-state index is -0.302. The van der Waals surface area contributed by atoms with Crippen molar-refractivity contribution < 1.29 is 4.79 Å². The van der Waals surface area contributed by atoms with Crippen molar-refractivity contribution in [2.45, 2.75) is 62.4 Å². The molecule has 3 nitrogen and oxygen atoms in total. The molecule has 3 saturated carbocycles. The van der Waals surface area contributed by atoms with Crippen molar-refractivity contribution in [1.29, 1.82) is 0 Å². The van der Waals surface area contributed by atoms with Crippen LogP contribution in [0.2, 0.25) is 5.02 Å². The summed E-state index contributed by atoms with van der Waals surface area (Å²) in [5, 5.41) is 0.739. The van der Waals surface area contributed by atoms with Gasteiger partial charge in [-0.05, 0) is 82.2 Å². The number of hydrogen-bond donors (Lipinski definition) is 0. The predicted octanol–water partition coefficient (Wildman–Crippen LogP) is 4.34. The van der Waals surface area contributed by atoms with Gasteiger partial charge in [-0.15, -0.1) is 0 Å². The molecule has 0 N–H and O–H groups in total. The second-order valence-corrected chi connectivity index (χ2v) is 9.53. The molecule has 4 rings (SSSR count). The maximum Gasteiger partial charge on any atom is 0.233 e. The number of nitrogens with zero attached hydrogens (tertiary/aromatic N) is 2. The van der Waals surface area contributed by atoms with Crippen molar-refractivity contribution in [2.75, 3.05) is 21.1 Å². The average Bonchev–Trinajstić information content (AvgIpc) is 3.13. The van der Waals surface area contributed by atoms with E-state index in [0.29, 0.717) is 11.9 Å². The highest BCUT2D eigenvalue weighted by Gasteiger charge is 2.50. The zero-order chi connectivity index (χ0) is 18.5. The van der Waals surface area contributed by atoms with Gasteiger partial charge < -0.3 is 9.80 Å². The largest absolute Gasteiger partial charge is 0.342 e. The van der Waals surface area contributed by atoms with Gasteiger partial charge in [-0.3, -0.25) is 4.79 Å². The van der Waals surface area contributed by atoms with Crippen molar-refractivity contribution in [3.8, 4) is 0 Å². The first-order valence-corrected chi connectivity index (χ1v) is 10.5. The maximum atomic E-state index is 13.5. The molecule has 0 spiro atoms. The molecule has 0 bridgehead atoms. The van der Waals surface area contributed by atoms with Crippen LogP contribution in [0.15, 0.2) is 24.3 Å². The topological polar surface area (TPSA) is 23.6 Å². The van der Waals surface area contributed by atoms with E-state index in [9.17, 15) is 4.79 Å². The molecule has 1 amide bonds. The normalized spacial score (nSPS) is 32.3. The van der Waals surface area contributed by atoms with Crippen LogP contribution >= 0.6 is 11.6 Å². The minimum Gasteiger partial charge on any atom is -0.342 e. The molecular formula is C22H31ClN2O. The number of carbonyl (C=O) groups excluding carboxylic acids is 1. The first-order valence-electron chi connectivity index (χ1n) is 10.1. The summed E-state index contributed by atoms with van der Waals surface area (Å²) in [5.74, 6) is 1.94. The highest BCUT2D eigenvalue weighted by molar-refractivity contribution is 6.30. The van der Waals surface area contributed by atoms with Gasteiger partial charge in [-0.25, -0.2) is 0 Å². The standard InChI is InChI=1S/C22H31ClN2O/c1-24(2)19-11-15-13-20(14-16(15)12-19)25(3)21(26)22(9-4-10-22)17-5-7-18(23)8-6-17/h5-8,15-16,19-20H,4,9-14H2,1-3H3/t15-,16+,19?,20?. The second-order valence-electron chi connectivity index (χ2n) is 9.09. The Kier molecular flexibility index (Phi) is 4.81. The molecule has 1 aromatic rings. The minimum absolute atomic E-state index is 0.302. The molecule has 0 aliphatic heterocycles. The Morgan fingerprint density at radius 1 is 0.962 bits per heavy atom. The van der Waals surface area contributed by atoms with E-state index in [1.165, 1.54) is 25.7 Å². The van der Waals surface area contributed by atoms with Gasteiger partial charge in [0, 0.05) is 24.2 Å². The Bertz CT molecular complexity index is 653. The van der Waals surface area contributed by atoms with E-state index in [-0.39, 0.29) is 5.41 Å². The Hall–Kier alpha value is -1.06. The van der Waals surface area contributed by atoms with Gasteiger partial charge in [-0.2, -0.15) is 0 Å². The molecule has 3 fully saturated rings. The predicted molar refractivity (Wildman–Crippen MR) is 106 cm³/mol. The summed E-state index contributed by atoms with van der Waals surface area (Å²) >= 11 is 6.06. The number of likely N-dealkylation sites (N-methyl/N-ethyl adjacent to an activating group) is 1. The number of hydrogen-bond acceptors (Lipinski definition) is 2. The maximum absolute atomic E-state index is 13.5. The first-order chi connectivity index (χ1) is 12.4. The lowest BCUT2D eigenvalue weighted by molar-refractivity contribution is -0.141. The molecule has 2 unspecified atom stereocenters. The number of rotatable bonds is 4. The van der Waals surface area contributed by atoms with Crippen molar-refractivity contribution in [2.24, 2.45) is 11.8 Å². The number of fused-ring (bicyclic) bond motifs is 1. The molecule has 0 radical (unpaired) electrons. The van der Waals surface area contributed by atoms with Gasteiger partial charge in [0.25, 0.3) is 0 Å². The number of halogens is 1. The first kappa shape index (κ1) is 18.3. The molecule has 1 aromatic carbocycles. The third-order valence-corrected chi connectivity index (χ3v) is 7.83. The molecule has 26 heavy (non-hydrogen) atoms. The average molecular weight is 375 g/mol. The van der Waals surface area contributed by atoms with Crippen LogP contribution in [0.3, 0.4) is 0 Å². The quantitative estimate of drug-likeness (QED) is 0.782. The van der Waals surface area contributed by atoms with Crippen LogP contribution in [0.5, 0.6) is 0 Å². The molecule has 0 saturated heterocycles. The fraction of sp³-hybridized carbons (Fsp3) is 0.682. The molecule has 0 aromatic heterocycles. The highest BCUT2D eigenvalue weighted by atomic mass is 35.5. The lowest BCUT2D eigenvalue weighted by Crippen LogP contribution is -2.52. The van der Waals surface area contributed by atoms with Gasteiger partial charge >= 0.3 is 0 Å². The molecule has 4 heteroatoms. The van der Waals surface area contributed by atoms with Crippen LogP contribution in [0.4, 0.5) is 0 Å². The van der Waals surface area contributed by atoms with E-state index < -0.39 is 0 Å². The van der Waals surface area contributed by atoms with Crippen molar-refractivity contribution >= 4 is 17.5 Å². The molecule has 0 heterocycles. The molecule has 3 aliphatic carbocycles. The summed E-state index contributed by atoms with van der Waals surface area (Å²) in [6.07, 6.45) is 8.07. The van der Waals surface area contributed by atoms with E-state index in [4.69, 9.17) is 11.6 Å². The summed E-state index contributed by atoms with van der Waals surface area (Å²) in [4.78, 5) is 18.0. The highest BCUT2D eigenvalue weighted by Crippen LogP contribution is 2.49. The van der Waals surface area contributed by atoms with Crippen LogP contribution in [0.1, 0.15) is 50.5 Å². The van der Waals surface area contributed by atoms with Crippen LogP contribution in [0.25, 0.3) is 0 Å². The van der Waals surface area contributed by atoms with Crippen LogP contribution in [-0.2, 0) is 10.2 Å². The van der Waals surface area contributed by atoms with E-state index >= 15 is 0 Å². The smallest absolute Gasteiger partial charge is 0.233 e. The molecule has 142 valence electrons. The lowest BCUT2D eigenvalue weighted by Gasteiger charge is -2.44. The van der Waals surface area contributed by atoms with Crippen LogP contribution in [-0.4, -0.2) is 48.9 Å². The number of amides is 1. The summed E-state index contributed by atoms with van der Waals surface area (Å²) in [5.41, 5.74) is 0.847. The number of benzene rings is 1. The third-order valence-electron chi connectivity index (χ3n) is 7.58. The fourth-order valence-electron chi connectivity index (χ4n) is 5.72. The zero-order valence-electron chi connectivity index (χ0n) is 16.2. The molecule has 4 atom stereocenters. The van der Waals surface area contributed by atoms with Gasteiger partial charge in [0.1, 0.15) is 0 Å². The third kappa shape index (κ3) is 2.97. The van der Waals surface area contributed by atoms with Gasteiger partial charge in [0.15, 0.2) is 0 Å². The van der Waals surface area contributed by atoms with Crippen LogP contribution in [0, 0.1) is 11.8 Å². The van der Waals surface area contributed by atoms with E-state index in [2.05, 4.69) is 36.0 Å². The number of carbonyl (C=O) groups is 1. The molecule has 3 aliphatic rings. The Labute approximate surface area is 162 Å². The molecular weight excluding hydrogens is 344 g/mol. The lowest BCUT2D eigenvalue weighted by atomic mass is 9.63. The van der Waals surface area contributed by atoms with E-state index in [0.717, 1.165) is 47.7 Å². The summed E-state index contributed by atoms with van der Waals surface area (Å²) in [7, 11) is 6.45. The Balaban J connectivity index is 1.46. The Morgan fingerprint density at radius 2 is 1.50 bits per heavy atom. The van der Waals surface area contributed by atoms with Gasteiger partial charge in [-0.1, -0.05) is 30.2 Å². The second kappa shape index (κ2) is 6.83. The van der Waals surface area contributed by atoms with Crippen molar-refractivity contribution in [1.82, 2.24) is 9.80 Å². The summed E-state index contributed by atoms with van der Waals surface area (Å²) < 4.78 is 0. The van der Waals surface area contributed by atoms with Crippen LogP contribution < -0.4 is 0 Å². The van der Waals surface area contributed by atoms with Crippen molar-refractivity contribution in [3.05, 3.63) is 34.9 Å². The fourth-order valence-corrected chi connectivity index (χ4v) is 5.85. The summed E-state index contributed by atoms with van der Waals surface area (Å²) in [6, 6.07) is 9.11. The van der Waals surface area contributed by atoms with E-state index in [1.807, 2.05) is 19.2 Å². The monoisotopic (exact) mass is 374 g/mol. The van der Waals surface area contributed by atoms with Gasteiger partial charge in [0.2, 0.25) is 5.91 Å². The SMILES string of the molecule is CN(C)C1C[C@@H]2CC(N(C)C(=O)C3(c4ccc(Cl)cc4)CCC3)C[C@@H]2C1.